The topological polar surface area (TPSA) is 91.4 Å². The number of benzene rings is 2. The van der Waals surface area contributed by atoms with Gasteiger partial charge in [0.1, 0.15) is 5.75 Å². The molecule has 2 aliphatic heterocycles. The van der Waals surface area contributed by atoms with Crippen LogP contribution in [0, 0.1) is 5.82 Å². The molecule has 0 bridgehead atoms. The minimum Gasteiger partial charge on any atom is -0.872 e. The first-order valence-corrected chi connectivity index (χ1v) is 12.0. The minimum atomic E-state index is -0.914. The Labute approximate surface area is 209 Å². The van der Waals surface area contributed by atoms with Crippen LogP contribution in [0.5, 0.6) is 11.5 Å². The van der Waals surface area contributed by atoms with E-state index in [1.165, 1.54) is 24.1 Å². The van der Waals surface area contributed by atoms with Crippen LogP contribution in [0.1, 0.15) is 31.0 Å². The van der Waals surface area contributed by atoms with E-state index in [0.29, 0.717) is 31.1 Å². The lowest BCUT2D eigenvalue weighted by atomic mass is 9.95. The molecule has 2 aromatic carbocycles. The number of rotatable bonds is 8. The Morgan fingerprint density at radius 1 is 1.14 bits per heavy atom. The fourth-order valence-corrected chi connectivity index (χ4v) is 4.48. The maximum atomic E-state index is 14.7. The Morgan fingerprint density at radius 3 is 2.56 bits per heavy atom. The monoisotopic (exact) mass is 497 g/mol. The van der Waals surface area contributed by atoms with Crippen LogP contribution < -0.4 is 14.6 Å². The second-order valence-electron chi connectivity index (χ2n) is 9.02. The van der Waals surface area contributed by atoms with Crippen LogP contribution in [0.2, 0.25) is 0 Å². The number of nitrogens with zero attached hydrogens (tertiary/aromatic N) is 2. The fourth-order valence-electron chi connectivity index (χ4n) is 4.48. The van der Waals surface area contributed by atoms with Crippen molar-refractivity contribution in [3.63, 3.8) is 0 Å². The third-order valence-electron chi connectivity index (χ3n) is 6.26. The highest BCUT2D eigenvalue weighted by Crippen LogP contribution is 2.39. The van der Waals surface area contributed by atoms with Crippen LogP contribution >= 0.6 is 0 Å². The Bertz CT molecular complexity index is 1160. The third kappa shape index (κ3) is 5.37. The third-order valence-corrected chi connectivity index (χ3v) is 6.26. The standard InChI is InChI=1S/C27H31FN2O6/c1-17(2)36-22-8-7-19(16-21(22)28)25(31)23-24(18-5-4-6-20(15-18)34-3)30(27(33)26(23)32)10-9-29-11-13-35-14-12-29/h4-8,15-17,24,31H,9-14H2,1-3H3/p-1. The average molecular weight is 498 g/mol. The summed E-state index contributed by atoms with van der Waals surface area (Å²) >= 11 is 0. The summed E-state index contributed by atoms with van der Waals surface area (Å²) in [6, 6.07) is 9.83. The molecular formula is C27H30FN2O6-. The van der Waals surface area contributed by atoms with Gasteiger partial charge in [-0.15, -0.1) is 0 Å². The summed E-state index contributed by atoms with van der Waals surface area (Å²) in [4.78, 5) is 29.9. The van der Waals surface area contributed by atoms with E-state index in [-0.39, 0.29) is 29.5 Å². The molecule has 0 radical (unpaired) electrons. The number of Topliss-reactive ketones (excluding diaryl/α,β-unsaturated/α-hetero) is 1. The molecule has 4 rings (SSSR count). The molecule has 8 nitrogen and oxygen atoms in total. The van der Waals surface area contributed by atoms with E-state index in [4.69, 9.17) is 14.2 Å². The number of methoxy groups -OCH3 is 1. The number of ether oxygens (including phenoxy) is 3. The Balaban J connectivity index is 1.74. The Hall–Kier alpha value is -3.43. The SMILES string of the molecule is COc1cccc(C2C(=C([O-])c3ccc(OC(C)C)c(F)c3)C(=O)C(=O)N2CCN2CCOCC2)c1. The number of carbonyl (C=O) groups excluding carboxylic acids is 2. The van der Waals surface area contributed by atoms with Crippen molar-refractivity contribution < 1.29 is 33.3 Å². The predicted octanol–water partition coefficient (Wildman–Crippen LogP) is 2.18. The number of morpholine rings is 1. The lowest BCUT2D eigenvalue weighted by Gasteiger charge is -2.31. The van der Waals surface area contributed by atoms with Crippen molar-refractivity contribution in [1.29, 1.82) is 0 Å². The zero-order valence-corrected chi connectivity index (χ0v) is 20.7. The largest absolute Gasteiger partial charge is 0.872 e. The van der Waals surface area contributed by atoms with Crippen LogP contribution in [-0.2, 0) is 14.3 Å². The average Bonchev–Trinajstić information content (AvgIpc) is 3.13. The molecule has 1 amide bonds. The highest BCUT2D eigenvalue weighted by Gasteiger charge is 2.44. The van der Waals surface area contributed by atoms with Gasteiger partial charge in [0.2, 0.25) is 5.78 Å². The number of halogens is 1. The highest BCUT2D eigenvalue weighted by atomic mass is 19.1. The van der Waals surface area contributed by atoms with Crippen LogP contribution in [0.15, 0.2) is 48.0 Å². The van der Waals surface area contributed by atoms with E-state index in [1.54, 1.807) is 38.1 Å². The van der Waals surface area contributed by atoms with Crippen LogP contribution in [0.3, 0.4) is 0 Å². The summed E-state index contributed by atoms with van der Waals surface area (Å²) in [7, 11) is 1.51. The molecule has 0 aromatic heterocycles. The summed E-state index contributed by atoms with van der Waals surface area (Å²) < 4.78 is 30.8. The number of hydrogen-bond acceptors (Lipinski definition) is 7. The first-order valence-electron chi connectivity index (χ1n) is 12.0. The number of hydrogen-bond donors (Lipinski definition) is 0. The smallest absolute Gasteiger partial charge is 0.295 e. The molecule has 1 unspecified atom stereocenters. The van der Waals surface area contributed by atoms with E-state index in [2.05, 4.69) is 4.90 Å². The maximum Gasteiger partial charge on any atom is 0.295 e. The quantitative estimate of drug-likeness (QED) is 0.314. The molecule has 2 saturated heterocycles. The van der Waals surface area contributed by atoms with Crippen molar-refractivity contribution in [3.05, 3.63) is 65.0 Å². The van der Waals surface area contributed by atoms with Crippen LogP contribution in [0.4, 0.5) is 4.39 Å². The number of carbonyl (C=O) groups is 2. The van der Waals surface area contributed by atoms with E-state index in [9.17, 15) is 19.1 Å². The first kappa shape index (κ1) is 25.7. The molecule has 2 aliphatic rings. The van der Waals surface area contributed by atoms with Gasteiger partial charge in [0.25, 0.3) is 5.91 Å². The molecule has 1 atom stereocenters. The van der Waals surface area contributed by atoms with Gasteiger partial charge in [0, 0.05) is 31.8 Å². The van der Waals surface area contributed by atoms with Gasteiger partial charge in [0.05, 0.1) is 32.5 Å². The van der Waals surface area contributed by atoms with Gasteiger partial charge in [-0.1, -0.05) is 24.0 Å². The van der Waals surface area contributed by atoms with Crippen molar-refractivity contribution in [2.45, 2.75) is 26.0 Å². The van der Waals surface area contributed by atoms with Gasteiger partial charge < -0.3 is 24.2 Å². The van der Waals surface area contributed by atoms with Gasteiger partial charge in [-0.05, 0) is 49.2 Å². The van der Waals surface area contributed by atoms with Gasteiger partial charge in [0.15, 0.2) is 11.6 Å². The second-order valence-corrected chi connectivity index (χ2v) is 9.02. The molecule has 192 valence electrons. The number of likely N-dealkylation sites (tertiary alicyclic amines) is 1. The molecular weight excluding hydrogens is 467 g/mol. The zero-order valence-electron chi connectivity index (χ0n) is 20.7. The minimum absolute atomic E-state index is 0.0110. The molecule has 0 aliphatic carbocycles. The fraction of sp³-hybridized carbons (Fsp3) is 0.407. The summed E-state index contributed by atoms with van der Waals surface area (Å²) in [5.41, 5.74) is 0.342. The van der Waals surface area contributed by atoms with Gasteiger partial charge in [-0.3, -0.25) is 14.5 Å². The molecule has 2 heterocycles. The van der Waals surface area contributed by atoms with Crippen molar-refractivity contribution in [1.82, 2.24) is 9.80 Å². The second kappa shape index (κ2) is 11.1. The number of ketones is 1. The predicted molar refractivity (Wildman–Crippen MR) is 129 cm³/mol. The van der Waals surface area contributed by atoms with E-state index < -0.39 is 29.3 Å². The van der Waals surface area contributed by atoms with Crippen LogP contribution in [0.25, 0.3) is 5.76 Å². The van der Waals surface area contributed by atoms with Crippen molar-refractivity contribution >= 4 is 17.4 Å². The Kier molecular flexibility index (Phi) is 7.91. The summed E-state index contributed by atoms with van der Waals surface area (Å²) in [5, 5.41) is 13.6. The summed E-state index contributed by atoms with van der Waals surface area (Å²) in [6.07, 6.45) is -0.248. The molecule has 2 fully saturated rings. The first-order chi connectivity index (χ1) is 17.3. The number of amides is 1. The highest BCUT2D eigenvalue weighted by molar-refractivity contribution is 6.46. The lowest BCUT2D eigenvalue weighted by Crippen LogP contribution is -2.42. The maximum absolute atomic E-state index is 14.7. The van der Waals surface area contributed by atoms with Gasteiger partial charge >= 0.3 is 0 Å². The van der Waals surface area contributed by atoms with Gasteiger partial charge in [-0.25, -0.2) is 4.39 Å². The van der Waals surface area contributed by atoms with Crippen molar-refractivity contribution in [2.24, 2.45) is 0 Å². The Morgan fingerprint density at radius 2 is 1.89 bits per heavy atom. The molecule has 2 aromatic rings. The van der Waals surface area contributed by atoms with Crippen LogP contribution in [-0.4, -0.2) is 74.1 Å². The zero-order chi connectivity index (χ0) is 25.8. The van der Waals surface area contributed by atoms with Crippen molar-refractivity contribution in [2.75, 3.05) is 46.5 Å². The molecule has 0 N–H and O–H groups in total. The van der Waals surface area contributed by atoms with Gasteiger partial charge in [-0.2, -0.15) is 0 Å². The molecule has 0 saturated carbocycles. The van der Waals surface area contributed by atoms with E-state index in [1.807, 2.05) is 0 Å². The molecule has 9 heteroatoms. The molecule has 36 heavy (non-hydrogen) atoms. The molecule has 0 spiro atoms. The van der Waals surface area contributed by atoms with Crippen molar-refractivity contribution in [3.8, 4) is 11.5 Å². The summed E-state index contributed by atoms with van der Waals surface area (Å²) in [5.74, 6) is -2.49. The lowest BCUT2D eigenvalue weighted by molar-refractivity contribution is -0.245. The normalized spacial score (nSPS) is 20.2. The summed E-state index contributed by atoms with van der Waals surface area (Å²) in [6.45, 7) is 6.95. The van der Waals surface area contributed by atoms with E-state index >= 15 is 0 Å². The van der Waals surface area contributed by atoms with E-state index in [0.717, 1.165) is 19.2 Å².